The molecule has 1 aromatic carbocycles. The molecule has 0 unspecified atom stereocenters. The summed E-state index contributed by atoms with van der Waals surface area (Å²) >= 11 is 1.53. The average Bonchev–Trinajstić information content (AvgIpc) is 2.77. The summed E-state index contributed by atoms with van der Waals surface area (Å²) in [6, 6.07) is 6.48. The second-order valence-electron chi connectivity index (χ2n) is 5.70. The lowest BCUT2D eigenvalue weighted by molar-refractivity contribution is -0.115. The van der Waals surface area contributed by atoms with Crippen molar-refractivity contribution in [2.24, 2.45) is 0 Å². The summed E-state index contributed by atoms with van der Waals surface area (Å²) in [5.41, 5.74) is 4.96. The van der Waals surface area contributed by atoms with E-state index in [0.717, 1.165) is 22.6 Å². The van der Waals surface area contributed by atoms with E-state index < -0.39 is 0 Å². The number of benzene rings is 1. The summed E-state index contributed by atoms with van der Waals surface area (Å²) in [7, 11) is 0. The summed E-state index contributed by atoms with van der Waals surface area (Å²) in [6.07, 6.45) is 5.30. The molecule has 1 aliphatic carbocycles. The van der Waals surface area contributed by atoms with Gasteiger partial charge in [-0.25, -0.2) is 4.98 Å². The zero-order valence-electron chi connectivity index (χ0n) is 12.5. The Balaban J connectivity index is 1.67. The highest BCUT2D eigenvalue weighted by atomic mass is 32.1. The molecule has 2 aromatic rings. The lowest BCUT2D eigenvalue weighted by Crippen LogP contribution is -2.15. The molecule has 0 spiro atoms. The van der Waals surface area contributed by atoms with E-state index in [2.05, 4.69) is 28.5 Å². The number of aryl methyl sites for hydroxylation is 4. The third-order valence-electron chi connectivity index (χ3n) is 4.05. The van der Waals surface area contributed by atoms with Crippen LogP contribution < -0.4 is 5.32 Å². The van der Waals surface area contributed by atoms with Crippen LogP contribution in [0.5, 0.6) is 0 Å². The van der Waals surface area contributed by atoms with Crippen molar-refractivity contribution in [1.82, 2.24) is 4.98 Å². The first kappa shape index (κ1) is 14.3. The third kappa shape index (κ3) is 3.32. The van der Waals surface area contributed by atoms with E-state index in [9.17, 15) is 4.79 Å². The van der Waals surface area contributed by atoms with Crippen LogP contribution in [-0.4, -0.2) is 10.9 Å². The van der Waals surface area contributed by atoms with Gasteiger partial charge in [0.15, 0.2) is 5.13 Å². The van der Waals surface area contributed by atoms with Crippen LogP contribution in [0.4, 0.5) is 5.13 Å². The predicted molar refractivity (Wildman–Crippen MR) is 87.0 cm³/mol. The molecule has 3 nitrogen and oxygen atoms in total. The fraction of sp³-hybridized carbons (Fsp3) is 0.412. The molecule has 0 bridgehead atoms. The van der Waals surface area contributed by atoms with Crippen LogP contribution in [-0.2, 0) is 24.1 Å². The normalized spacial score (nSPS) is 13.8. The molecule has 0 saturated carbocycles. The van der Waals surface area contributed by atoms with Gasteiger partial charge in [-0.1, -0.05) is 18.2 Å². The van der Waals surface area contributed by atoms with Crippen molar-refractivity contribution >= 4 is 22.4 Å². The molecule has 0 aliphatic heterocycles. The topological polar surface area (TPSA) is 42.0 Å². The van der Waals surface area contributed by atoms with Crippen molar-refractivity contribution in [2.45, 2.75) is 46.0 Å². The van der Waals surface area contributed by atoms with Crippen molar-refractivity contribution in [3.8, 4) is 0 Å². The second-order valence-corrected chi connectivity index (χ2v) is 6.90. The van der Waals surface area contributed by atoms with E-state index in [1.54, 1.807) is 0 Å². The smallest absolute Gasteiger partial charge is 0.230 e. The Morgan fingerprint density at radius 1 is 1.24 bits per heavy atom. The number of carbonyl (C=O) groups is 1. The van der Waals surface area contributed by atoms with Crippen molar-refractivity contribution in [3.63, 3.8) is 0 Å². The lowest BCUT2D eigenvalue weighted by Gasteiger charge is -2.16. The molecule has 3 rings (SSSR count). The average molecular weight is 300 g/mol. The largest absolute Gasteiger partial charge is 0.302 e. The van der Waals surface area contributed by atoms with Gasteiger partial charge in [-0.15, -0.1) is 11.3 Å². The SMILES string of the molecule is Cc1nc(NC(=O)Cc2ccc3c(c2)CCCC3)sc1C. The molecule has 21 heavy (non-hydrogen) atoms. The Morgan fingerprint density at radius 2 is 2.00 bits per heavy atom. The van der Waals surface area contributed by atoms with Gasteiger partial charge in [0.2, 0.25) is 5.91 Å². The number of anilines is 1. The standard InChI is InChI=1S/C17H20N2OS/c1-11-12(2)21-17(18-11)19-16(20)10-13-7-8-14-5-3-4-6-15(14)9-13/h7-9H,3-6,10H2,1-2H3,(H,18,19,20). The lowest BCUT2D eigenvalue weighted by atomic mass is 9.90. The number of carbonyl (C=O) groups excluding carboxylic acids is 1. The third-order valence-corrected chi connectivity index (χ3v) is 5.04. The van der Waals surface area contributed by atoms with Crippen LogP contribution in [0, 0.1) is 13.8 Å². The quantitative estimate of drug-likeness (QED) is 0.936. The molecule has 1 N–H and O–H groups in total. The van der Waals surface area contributed by atoms with Gasteiger partial charge in [0.1, 0.15) is 0 Å². The Kier molecular flexibility index (Phi) is 4.06. The fourth-order valence-corrected chi connectivity index (χ4v) is 3.60. The highest BCUT2D eigenvalue weighted by Crippen LogP contribution is 2.23. The van der Waals surface area contributed by atoms with Gasteiger partial charge < -0.3 is 5.32 Å². The van der Waals surface area contributed by atoms with Gasteiger partial charge >= 0.3 is 0 Å². The summed E-state index contributed by atoms with van der Waals surface area (Å²) in [6.45, 7) is 3.98. The minimum absolute atomic E-state index is 0.0134. The maximum Gasteiger partial charge on any atom is 0.230 e. The first-order valence-corrected chi connectivity index (χ1v) is 8.28. The van der Waals surface area contributed by atoms with Crippen LogP contribution in [0.3, 0.4) is 0 Å². The van der Waals surface area contributed by atoms with E-state index in [4.69, 9.17) is 0 Å². The van der Waals surface area contributed by atoms with E-state index in [1.807, 2.05) is 13.8 Å². The summed E-state index contributed by atoms with van der Waals surface area (Å²) in [4.78, 5) is 17.6. The molecule has 4 heteroatoms. The number of thiazole rings is 1. The Bertz CT molecular complexity index is 656. The molecule has 1 aliphatic rings. The Hall–Kier alpha value is -1.68. The first-order chi connectivity index (χ1) is 10.1. The Morgan fingerprint density at radius 3 is 2.71 bits per heavy atom. The highest BCUT2D eigenvalue weighted by molar-refractivity contribution is 7.15. The number of hydrogen-bond acceptors (Lipinski definition) is 3. The highest BCUT2D eigenvalue weighted by Gasteiger charge is 2.12. The molecule has 0 radical (unpaired) electrons. The first-order valence-electron chi connectivity index (χ1n) is 7.46. The Labute approximate surface area is 129 Å². The minimum atomic E-state index is 0.0134. The fourth-order valence-electron chi connectivity index (χ4n) is 2.77. The van der Waals surface area contributed by atoms with Crippen LogP contribution in [0.25, 0.3) is 0 Å². The maximum absolute atomic E-state index is 12.1. The number of amides is 1. The minimum Gasteiger partial charge on any atom is -0.302 e. The van der Waals surface area contributed by atoms with Gasteiger partial charge in [0.25, 0.3) is 0 Å². The molecule has 1 aromatic heterocycles. The summed E-state index contributed by atoms with van der Waals surface area (Å²) < 4.78 is 0. The van der Waals surface area contributed by atoms with Gasteiger partial charge in [-0.3, -0.25) is 4.79 Å². The van der Waals surface area contributed by atoms with Crippen molar-refractivity contribution in [2.75, 3.05) is 5.32 Å². The summed E-state index contributed by atoms with van der Waals surface area (Å²) in [5.74, 6) is 0.0134. The molecule has 110 valence electrons. The van der Waals surface area contributed by atoms with Crippen LogP contribution in [0.15, 0.2) is 18.2 Å². The number of fused-ring (bicyclic) bond motifs is 1. The predicted octanol–water partition coefficient (Wildman–Crippen LogP) is 3.82. The second kappa shape index (κ2) is 5.98. The molecule has 0 saturated heterocycles. The van der Waals surface area contributed by atoms with Crippen LogP contribution in [0.1, 0.15) is 40.1 Å². The van der Waals surface area contributed by atoms with E-state index in [0.29, 0.717) is 11.6 Å². The van der Waals surface area contributed by atoms with E-state index >= 15 is 0 Å². The zero-order chi connectivity index (χ0) is 14.8. The zero-order valence-corrected chi connectivity index (χ0v) is 13.3. The van der Waals surface area contributed by atoms with Crippen LogP contribution >= 0.6 is 11.3 Å². The summed E-state index contributed by atoms with van der Waals surface area (Å²) in [5, 5.41) is 3.60. The van der Waals surface area contributed by atoms with Crippen molar-refractivity contribution < 1.29 is 4.79 Å². The maximum atomic E-state index is 12.1. The van der Waals surface area contributed by atoms with Gasteiger partial charge in [0.05, 0.1) is 12.1 Å². The van der Waals surface area contributed by atoms with Crippen LogP contribution in [0.2, 0.25) is 0 Å². The molecule has 0 atom stereocenters. The molecular formula is C17H20N2OS. The number of hydrogen-bond donors (Lipinski definition) is 1. The van der Waals surface area contributed by atoms with E-state index in [-0.39, 0.29) is 5.91 Å². The van der Waals surface area contributed by atoms with Gasteiger partial charge in [0, 0.05) is 4.88 Å². The number of aromatic nitrogens is 1. The monoisotopic (exact) mass is 300 g/mol. The van der Waals surface area contributed by atoms with Crippen molar-refractivity contribution in [3.05, 3.63) is 45.5 Å². The van der Waals surface area contributed by atoms with Gasteiger partial charge in [-0.2, -0.15) is 0 Å². The number of nitrogens with one attached hydrogen (secondary N) is 1. The molecule has 1 amide bonds. The molecular weight excluding hydrogens is 280 g/mol. The van der Waals surface area contributed by atoms with Crippen molar-refractivity contribution in [1.29, 1.82) is 0 Å². The van der Waals surface area contributed by atoms with E-state index in [1.165, 1.54) is 41.7 Å². The number of rotatable bonds is 3. The molecule has 1 heterocycles. The molecule has 0 fully saturated rings. The number of nitrogens with zero attached hydrogens (tertiary/aromatic N) is 1. The van der Waals surface area contributed by atoms with Gasteiger partial charge in [-0.05, 0) is 56.2 Å².